The summed E-state index contributed by atoms with van der Waals surface area (Å²) in [6, 6.07) is 9.86. The van der Waals surface area contributed by atoms with Crippen LogP contribution in [0, 0.1) is 6.92 Å². The van der Waals surface area contributed by atoms with E-state index >= 15 is 0 Å². The second-order valence-electron chi connectivity index (χ2n) is 8.84. The zero-order valence-corrected chi connectivity index (χ0v) is 18.9. The molecule has 7 heteroatoms. The van der Waals surface area contributed by atoms with Gasteiger partial charge in [0.25, 0.3) is 5.91 Å². The summed E-state index contributed by atoms with van der Waals surface area (Å²) in [6.07, 6.45) is 4.25. The van der Waals surface area contributed by atoms with Crippen molar-refractivity contribution >= 4 is 39.1 Å². The highest BCUT2D eigenvalue weighted by Gasteiger charge is 2.50. The lowest BCUT2D eigenvalue weighted by molar-refractivity contribution is -0.127. The first-order valence-electron chi connectivity index (χ1n) is 10.8. The fraction of sp³-hybridized carbons (Fsp3) is 0.417. The maximum absolute atomic E-state index is 13.9. The number of aromatic nitrogens is 1. The molecular weight excluding hydrogens is 410 g/mol. The van der Waals surface area contributed by atoms with Gasteiger partial charge in [-0.15, -0.1) is 11.3 Å². The molecule has 1 aromatic carbocycles. The van der Waals surface area contributed by atoms with Crippen molar-refractivity contribution in [1.82, 2.24) is 9.88 Å². The lowest BCUT2D eigenvalue weighted by atomic mass is 9.93. The van der Waals surface area contributed by atoms with Crippen LogP contribution in [0.1, 0.15) is 48.7 Å². The van der Waals surface area contributed by atoms with E-state index in [-0.39, 0.29) is 17.9 Å². The minimum Gasteiger partial charge on any atom is -0.495 e. The van der Waals surface area contributed by atoms with Crippen LogP contribution in [-0.4, -0.2) is 35.1 Å². The van der Waals surface area contributed by atoms with E-state index in [1.807, 2.05) is 54.1 Å². The Hall–Kier alpha value is -2.80. The van der Waals surface area contributed by atoms with Crippen molar-refractivity contribution in [3.8, 4) is 5.75 Å². The molecule has 1 aliphatic carbocycles. The number of amides is 2. The Bertz CT molecular complexity index is 1170. The number of ether oxygens (including phenoxy) is 1. The number of nitrogens with zero attached hydrogens (tertiary/aromatic N) is 2. The van der Waals surface area contributed by atoms with Gasteiger partial charge in [-0.25, -0.2) is 0 Å². The Kier molecular flexibility index (Phi) is 4.81. The van der Waals surface area contributed by atoms with Crippen LogP contribution < -0.4 is 15.0 Å². The van der Waals surface area contributed by atoms with Crippen molar-refractivity contribution in [2.75, 3.05) is 12.0 Å². The van der Waals surface area contributed by atoms with Gasteiger partial charge in [-0.1, -0.05) is 18.9 Å². The number of fused-ring (bicyclic) bond motifs is 3. The van der Waals surface area contributed by atoms with Crippen LogP contribution in [-0.2, 0) is 11.3 Å². The molecule has 1 atom stereocenters. The van der Waals surface area contributed by atoms with Crippen molar-refractivity contribution in [2.45, 2.75) is 57.7 Å². The normalized spacial score (nSPS) is 21.5. The molecule has 0 bridgehead atoms. The minimum absolute atomic E-state index is 0.111. The van der Waals surface area contributed by atoms with Gasteiger partial charge in [-0.3, -0.25) is 14.5 Å². The highest BCUT2D eigenvalue weighted by atomic mass is 32.1. The molecule has 3 aromatic rings. The van der Waals surface area contributed by atoms with Gasteiger partial charge in [0.05, 0.1) is 19.3 Å². The Balaban J connectivity index is 1.67. The fourth-order valence-electron chi connectivity index (χ4n) is 4.96. The molecule has 1 N–H and O–H groups in total. The van der Waals surface area contributed by atoms with Gasteiger partial charge in [0, 0.05) is 11.4 Å². The van der Waals surface area contributed by atoms with Crippen LogP contribution in [0.25, 0.3) is 10.2 Å². The topological polar surface area (TPSA) is 63.6 Å². The monoisotopic (exact) mass is 437 g/mol. The van der Waals surface area contributed by atoms with Gasteiger partial charge in [0.1, 0.15) is 21.8 Å². The largest absolute Gasteiger partial charge is 0.495 e. The third kappa shape index (κ3) is 3.14. The third-order valence-corrected chi connectivity index (χ3v) is 7.59. The zero-order chi connectivity index (χ0) is 21.8. The number of aryl methyl sites for hydroxylation is 1. The van der Waals surface area contributed by atoms with Crippen molar-refractivity contribution < 1.29 is 14.3 Å². The van der Waals surface area contributed by atoms with Crippen LogP contribution in [0.5, 0.6) is 5.75 Å². The number of hydrogen-bond donors (Lipinski definition) is 1. The molecule has 0 spiro atoms. The third-order valence-electron chi connectivity index (χ3n) is 6.64. The standard InChI is InChI=1S/C24H27N3O3S/c1-15-8-9-20(30-3)18(12-15)27-21(28)19-13-16-10-11-31-22(16)26(19)14-24(27,2)23(29)25-17-6-4-5-7-17/h8-13,17H,4-7,14H2,1-3H3,(H,25,29)/t24-/m1/s1. The molecule has 0 radical (unpaired) electrons. The first kappa shape index (κ1) is 20.1. The van der Waals surface area contributed by atoms with Gasteiger partial charge in [-0.05, 0) is 61.9 Å². The van der Waals surface area contributed by atoms with Crippen molar-refractivity contribution in [3.05, 3.63) is 47.0 Å². The maximum atomic E-state index is 13.9. The minimum atomic E-state index is -1.08. The molecule has 3 heterocycles. The highest BCUT2D eigenvalue weighted by molar-refractivity contribution is 7.16. The fourth-order valence-corrected chi connectivity index (χ4v) is 5.86. The predicted molar refractivity (Wildman–Crippen MR) is 123 cm³/mol. The van der Waals surface area contributed by atoms with Gasteiger partial charge in [0.2, 0.25) is 5.91 Å². The molecule has 2 aliphatic rings. The smallest absolute Gasteiger partial charge is 0.276 e. The van der Waals surface area contributed by atoms with Crippen LogP contribution in [0.2, 0.25) is 0 Å². The van der Waals surface area contributed by atoms with Crippen LogP contribution in [0.4, 0.5) is 5.69 Å². The zero-order valence-electron chi connectivity index (χ0n) is 18.1. The molecule has 0 saturated heterocycles. The Morgan fingerprint density at radius 2 is 2.00 bits per heavy atom. The Morgan fingerprint density at radius 1 is 1.23 bits per heavy atom. The van der Waals surface area contributed by atoms with E-state index in [4.69, 9.17) is 4.74 Å². The number of carbonyl (C=O) groups excluding carboxylic acids is 2. The summed E-state index contributed by atoms with van der Waals surface area (Å²) >= 11 is 1.60. The second-order valence-corrected chi connectivity index (χ2v) is 9.74. The first-order valence-corrected chi connectivity index (χ1v) is 11.7. The van der Waals surface area contributed by atoms with E-state index in [2.05, 4.69) is 5.32 Å². The molecular formula is C24H27N3O3S. The molecule has 1 fully saturated rings. The molecule has 2 amide bonds. The number of benzene rings is 1. The van der Waals surface area contributed by atoms with E-state index in [0.29, 0.717) is 23.7 Å². The van der Waals surface area contributed by atoms with Crippen molar-refractivity contribution in [1.29, 1.82) is 0 Å². The van der Waals surface area contributed by atoms with E-state index < -0.39 is 5.54 Å². The van der Waals surface area contributed by atoms with E-state index in [1.165, 1.54) is 0 Å². The van der Waals surface area contributed by atoms with Gasteiger partial charge >= 0.3 is 0 Å². The van der Waals surface area contributed by atoms with Crippen LogP contribution in [0.3, 0.4) is 0 Å². The number of carbonyl (C=O) groups is 2. The number of thiophene rings is 1. The maximum Gasteiger partial charge on any atom is 0.276 e. The first-order chi connectivity index (χ1) is 14.9. The number of hydrogen-bond acceptors (Lipinski definition) is 4. The predicted octanol–water partition coefficient (Wildman–Crippen LogP) is 4.50. The summed E-state index contributed by atoms with van der Waals surface area (Å²) in [7, 11) is 1.59. The quantitative estimate of drug-likeness (QED) is 0.654. The number of anilines is 1. The molecule has 1 aliphatic heterocycles. The number of rotatable bonds is 4. The Labute approximate surface area is 185 Å². The molecule has 6 nitrogen and oxygen atoms in total. The number of methoxy groups -OCH3 is 1. The highest BCUT2D eigenvalue weighted by Crippen LogP contribution is 2.41. The SMILES string of the molecule is COc1ccc(C)cc1N1C(=O)c2cc3ccsc3n2C[C@]1(C)C(=O)NC1CCCC1. The lowest BCUT2D eigenvalue weighted by Gasteiger charge is -2.44. The van der Waals surface area contributed by atoms with Gasteiger partial charge in [0.15, 0.2) is 0 Å². The van der Waals surface area contributed by atoms with E-state index in [1.54, 1.807) is 23.3 Å². The van der Waals surface area contributed by atoms with Crippen LogP contribution in [0.15, 0.2) is 35.7 Å². The summed E-state index contributed by atoms with van der Waals surface area (Å²) in [5.41, 5.74) is 1.16. The van der Waals surface area contributed by atoms with Gasteiger partial charge < -0.3 is 14.6 Å². The summed E-state index contributed by atoms with van der Waals surface area (Å²) in [5.74, 6) is 0.295. The molecule has 1 saturated carbocycles. The molecule has 0 unspecified atom stereocenters. The Morgan fingerprint density at radius 3 is 2.74 bits per heavy atom. The molecule has 162 valence electrons. The molecule has 2 aromatic heterocycles. The van der Waals surface area contributed by atoms with Crippen LogP contribution >= 0.6 is 11.3 Å². The average Bonchev–Trinajstić information content (AvgIpc) is 3.47. The van der Waals surface area contributed by atoms with Gasteiger partial charge in [-0.2, -0.15) is 0 Å². The van der Waals surface area contributed by atoms with E-state index in [9.17, 15) is 9.59 Å². The second kappa shape index (κ2) is 7.41. The molecule has 5 rings (SSSR count). The molecule has 31 heavy (non-hydrogen) atoms. The average molecular weight is 438 g/mol. The summed E-state index contributed by atoms with van der Waals surface area (Å²) in [6.45, 7) is 4.25. The summed E-state index contributed by atoms with van der Waals surface area (Å²) in [4.78, 5) is 30.3. The number of nitrogens with one attached hydrogen (secondary N) is 1. The van der Waals surface area contributed by atoms with E-state index in [0.717, 1.165) is 41.5 Å². The summed E-state index contributed by atoms with van der Waals surface area (Å²) < 4.78 is 7.62. The van der Waals surface area contributed by atoms with Crippen molar-refractivity contribution in [2.24, 2.45) is 0 Å². The summed E-state index contributed by atoms with van der Waals surface area (Å²) in [5, 5.41) is 6.30. The lowest BCUT2D eigenvalue weighted by Crippen LogP contribution is -2.65. The van der Waals surface area contributed by atoms with Crippen molar-refractivity contribution in [3.63, 3.8) is 0 Å².